The molecule has 58 valence electrons. The van der Waals surface area contributed by atoms with Gasteiger partial charge in [-0.2, -0.15) is 0 Å². The van der Waals surface area contributed by atoms with Crippen LogP contribution in [-0.4, -0.2) is 32.8 Å². The quantitative estimate of drug-likeness (QED) is 0.552. The van der Waals surface area contributed by atoms with Crippen molar-refractivity contribution in [1.82, 2.24) is 10.6 Å². The number of carbonyl (C=O) groups excluding carboxylic acids is 1. The molecule has 0 aromatic heterocycles. The van der Waals surface area contributed by atoms with Crippen molar-refractivity contribution in [1.29, 1.82) is 0 Å². The largest absolute Gasteiger partial charge is 0.449 e. The minimum atomic E-state index is -0.341. The molecule has 1 heterocycles. The molecular weight excluding hydrogens is 132 g/mol. The lowest BCUT2D eigenvalue weighted by Gasteiger charge is -2.26. The van der Waals surface area contributed by atoms with Crippen molar-refractivity contribution in [2.75, 3.05) is 26.7 Å². The second kappa shape index (κ2) is 3.41. The second-order valence-electron chi connectivity index (χ2n) is 2.37. The Labute approximate surface area is 59.9 Å². The van der Waals surface area contributed by atoms with Gasteiger partial charge in [0.1, 0.15) is 0 Å². The third kappa shape index (κ3) is 1.88. The van der Waals surface area contributed by atoms with E-state index in [0.29, 0.717) is 12.5 Å². The fraction of sp³-hybridized carbons (Fsp3) is 0.833. The Morgan fingerprint density at radius 3 is 2.90 bits per heavy atom. The molecule has 0 aromatic carbocycles. The Kier molecular flexibility index (Phi) is 2.50. The van der Waals surface area contributed by atoms with Crippen molar-refractivity contribution in [3.8, 4) is 0 Å². The van der Waals surface area contributed by atoms with E-state index in [1.165, 1.54) is 0 Å². The summed E-state index contributed by atoms with van der Waals surface area (Å²) in [5, 5.41) is 5.48. The second-order valence-corrected chi connectivity index (χ2v) is 2.37. The van der Waals surface area contributed by atoms with Crippen molar-refractivity contribution < 1.29 is 9.53 Å². The highest BCUT2D eigenvalue weighted by Crippen LogP contribution is 2.02. The van der Waals surface area contributed by atoms with E-state index in [0.717, 1.165) is 13.1 Å². The molecule has 1 aliphatic rings. The van der Waals surface area contributed by atoms with Gasteiger partial charge in [0.05, 0.1) is 6.61 Å². The maximum absolute atomic E-state index is 10.5. The number of hydrogen-bond donors (Lipinski definition) is 2. The molecule has 1 aliphatic heterocycles. The minimum absolute atomic E-state index is 0.341. The first-order valence-electron chi connectivity index (χ1n) is 3.38. The average molecular weight is 144 g/mol. The predicted octanol–water partition coefficient (Wildman–Crippen LogP) is -0.438. The molecule has 10 heavy (non-hydrogen) atoms. The van der Waals surface area contributed by atoms with Crippen molar-refractivity contribution in [2.24, 2.45) is 5.92 Å². The van der Waals surface area contributed by atoms with Gasteiger partial charge in [-0.15, -0.1) is 0 Å². The fourth-order valence-corrected chi connectivity index (χ4v) is 0.732. The number of carbonyl (C=O) groups is 1. The number of hydrogen-bond acceptors (Lipinski definition) is 3. The van der Waals surface area contributed by atoms with Gasteiger partial charge in [0, 0.05) is 26.1 Å². The van der Waals surface area contributed by atoms with Crippen LogP contribution in [0.15, 0.2) is 0 Å². The van der Waals surface area contributed by atoms with E-state index in [9.17, 15) is 4.79 Å². The van der Waals surface area contributed by atoms with Gasteiger partial charge in [-0.1, -0.05) is 0 Å². The molecule has 0 bridgehead atoms. The standard InChI is InChI=1S/C6H12N2O2/c1-7-6(9)10-4-5-2-8-3-5/h5,8H,2-4H2,1H3,(H,7,9). The molecule has 0 saturated carbocycles. The monoisotopic (exact) mass is 144 g/mol. The molecule has 4 heteroatoms. The van der Waals surface area contributed by atoms with Gasteiger partial charge in [-0.05, 0) is 0 Å². The zero-order valence-electron chi connectivity index (χ0n) is 6.02. The smallest absolute Gasteiger partial charge is 0.406 e. The van der Waals surface area contributed by atoms with Crippen molar-refractivity contribution in [3.63, 3.8) is 0 Å². The van der Waals surface area contributed by atoms with Crippen LogP contribution >= 0.6 is 0 Å². The Bertz CT molecular complexity index is 123. The number of amides is 1. The lowest BCUT2D eigenvalue weighted by molar-refractivity contribution is 0.113. The van der Waals surface area contributed by atoms with Gasteiger partial charge in [-0.25, -0.2) is 4.79 Å². The first kappa shape index (κ1) is 7.34. The van der Waals surface area contributed by atoms with Crippen LogP contribution in [0.5, 0.6) is 0 Å². The summed E-state index contributed by atoms with van der Waals surface area (Å²) in [6.07, 6.45) is -0.341. The summed E-state index contributed by atoms with van der Waals surface area (Å²) in [5.74, 6) is 0.525. The third-order valence-corrected chi connectivity index (χ3v) is 1.52. The third-order valence-electron chi connectivity index (χ3n) is 1.52. The van der Waals surface area contributed by atoms with Crippen LogP contribution in [0.2, 0.25) is 0 Å². The van der Waals surface area contributed by atoms with E-state index in [1.54, 1.807) is 7.05 Å². The van der Waals surface area contributed by atoms with Gasteiger partial charge in [0.25, 0.3) is 0 Å². The lowest BCUT2D eigenvalue weighted by Crippen LogP contribution is -2.45. The van der Waals surface area contributed by atoms with E-state index in [1.807, 2.05) is 0 Å². The lowest BCUT2D eigenvalue weighted by atomic mass is 10.1. The van der Waals surface area contributed by atoms with Gasteiger partial charge in [0.15, 0.2) is 0 Å². The molecule has 0 unspecified atom stereocenters. The Balaban J connectivity index is 1.98. The first-order chi connectivity index (χ1) is 4.83. The van der Waals surface area contributed by atoms with Crippen LogP contribution in [0.1, 0.15) is 0 Å². The zero-order chi connectivity index (χ0) is 7.40. The van der Waals surface area contributed by atoms with E-state index < -0.39 is 0 Å². The molecule has 1 amide bonds. The minimum Gasteiger partial charge on any atom is -0.449 e. The number of alkyl carbamates (subject to hydrolysis) is 1. The maximum Gasteiger partial charge on any atom is 0.406 e. The van der Waals surface area contributed by atoms with Gasteiger partial charge < -0.3 is 15.4 Å². The summed E-state index contributed by atoms with van der Waals surface area (Å²) in [6.45, 7) is 2.47. The molecule has 2 N–H and O–H groups in total. The predicted molar refractivity (Wildman–Crippen MR) is 36.8 cm³/mol. The molecule has 1 fully saturated rings. The van der Waals surface area contributed by atoms with E-state index in [-0.39, 0.29) is 6.09 Å². The molecule has 1 rings (SSSR count). The van der Waals surface area contributed by atoms with Crippen LogP contribution in [0.4, 0.5) is 4.79 Å². The van der Waals surface area contributed by atoms with Crippen LogP contribution < -0.4 is 10.6 Å². The first-order valence-corrected chi connectivity index (χ1v) is 3.38. The topological polar surface area (TPSA) is 50.4 Å². The molecule has 4 nitrogen and oxygen atoms in total. The summed E-state index contributed by atoms with van der Waals surface area (Å²) in [4.78, 5) is 10.5. The molecule has 0 atom stereocenters. The Morgan fingerprint density at radius 1 is 1.80 bits per heavy atom. The highest BCUT2D eigenvalue weighted by atomic mass is 16.5. The van der Waals surface area contributed by atoms with Gasteiger partial charge in [-0.3, -0.25) is 0 Å². The highest BCUT2D eigenvalue weighted by molar-refractivity contribution is 5.66. The SMILES string of the molecule is CNC(=O)OCC1CNC1. The summed E-state index contributed by atoms with van der Waals surface area (Å²) in [5.41, 5.74) is 0. The Hall–Kier alpha value is -0.770. The summed E-state index contributed by atoms with van der Waals surface area (Å²) in [7, 11) is 1.56. The van der Waals surface area contributed by atoms with E-state index in [4.69, 9.17) is 4.74 Å². The Morgan fingerprint density at radius 2 is 2.50 bits per heavy atom. The molecule has 0 aromatic rings. The van der Waals surface area contributed by atoms with Crippen LogP contribution in [0.3, 0.4) is 0 Å². The molecule has 1 saturated heterocycles. The highest BCUT2D eigenvalue weighted by Gasteiger charge is 2.17. The summed E-state index contributed by atoms with van der Waals surface area (Å²) in [6, 6.07) is 0. The average Bonchev–Trinajstić information content (AvgIpc) is 1.84. The van der Waals surface area contributed by atoms with Crippen LogP contribution in [0.25, 0.3) is 0 Å². The zero-order valence-corrected chi connectivity index (χ0v) is 6.02. The van der Waals surface area contributed by atoms with Crippen molar-refractivity contribution in [2.45, 2.75) is 0 Å². The molecule has 0 aliphatic carbocycles. The number of rotatable bonds is 2. The normalized spacial score (nSPS) is 17.7. The molecule has 0 spiro atoms. The van der Waals surface area contributed by atoms with Gasteiger partial charge >= 0.3 is 6.09 Å². The van der Waals surface area contributed by atoms with Crippen LogP contribution in [-0.2, 0) is 4.74 Å². The van der Waals surface area contributed by atoms with Gasteiger partial charge in [0.2, 0.25) is 0 Å². The molecular formula is C6H12N2O2. The van der Waals surface area contributed by atoms with E-state index in [2.05, 4.69) is 10.6 Å². The molecule has 0 radical (unpaired) electrons. The van der Waals surface area contributed by atoms with Crippen molar-refractivity contribution >= 4 is 6.09 Å². The fourth-order valence-electron chi connectivity index (χ4n) is 0.732. The summed E-state index contributed by atoms with van der Waals surface area (Å²) >= 11 is 0. The van der Waals surface area contributed by atoms with Crippen LogP contribution in [0, 0.1) is 5.92 Å². The van der Waals surface area contributed by atoms with Crippen molar-refractivity contribution in [3.05, 3.63) is 0 Å². The maximum atomic E-state index is 10.5. The summed E-state index contributed by atoms with van der Waals surface area (Å²) < 4.78 is 4.81. The number of ether oxygens (including phenoxy) is 1. The number of nitrogens with one attached hydrogen (secondary N) is 2. The van der Waals surface area contributed by atoms with E-state index >= 15 is 0 Å².